The van der Waals surface area contributed by atoms with Gasteiger partial charge in [0.05, 0.1) is 0 Å². The molecule has 0 heterocycles. The molecule has 0 bridgehead atoms. The van der Waals surface area contributed by atoms with Gasteiger partial charge in [-0.15, -0.1) is 0 Å². The highest BCUT2D eigenvalue weighted by Crippen LogP contribution is 2.27. The topological polar surface area (TPSA) is 38.0 Å². The average Bonchev–Trinajstić information content (AvgIpc) is 3.14. The van der Waals surface area contributed by atoms with Crippen LogP contribution in [-0.4, -0.2) is 7.05 Å². The fourth-order valence-electron chi connectivity index (χ4n) is 1.81. The summed E-state index contributed by atoms with van der Waals surface area (Å²) in [6.07, 6.45) is 5.14. The van der Waals surface area contributed by atoms with Gasteiger partial charge >= 0.3 is 0 Å². The van der Waals surface area contributed by atoms with Gasteiger partial charge in [-0.2, -0.15) is 0 Å². The van der Waals surface area contributed by atoms with Crippen LogP contribution < -0.4 is 11.1 Å². The fraction of sp³-hybridized carbons (Fsp3) is 0.375. The molecule has 0 saturated heterocycles. The van der Waals surface area contributed by atoms with Crippen LogP contribution in [0.3, 0.4) is 0 Å². The van der Waals surface area contributed by atoms with Gasteiger partial charge < -0.3 is 11.1 Å². The highest BCUT2D eigenvalue weighted by atomic mass is 14.8. The molecule has 2 rings (SSSR count). The predicted octanol–water partition coefficient (Wildman–Crippen LogP) is 2.32. The summed E-state index contributed by atoms with van der Waals surface area (Å²) < 4.78 is 0. The Hall–Kier alpha value is -1.88. The lowest BCUT2D eigenvalue weighted by molar-refractivity contribution is 1.00. The van der Waals surface area contributed by atoms with E-state index in [-0.39, 0.29) is 0 Å². The van der Waals surface area contributed by atoms with E-state index in [9.17, 15) is 0 Å². The molecule has 1 saturated carbocycles. The van der Waals surface area contributed by atoms with Gasteiger partial charge in [0.1, 0.15) is 0 Å². The molecule has 3 N–H and O–H groups in total. The molecule has 0 amide bonds. The quantitative estimate of drug-likeness (QED) is 0.796. The van der Waals surface area contributed by atoms with Crippen LogP contribution in [0.4, 0.5) is 0 Å². The molecule has 0 aromatic heterocycles. The Kier molecular flexibility index (Phi) is 3.94. The van der Waals surface area contributed by atoms with Crippen molar-refractivity contribution in [1.82, 2.24) is 5.32 Å². The molecule has 0 aliphatic heterocycles. The molecule has 1 aromatic rings. The molecule has 0 unspecified atom stereocenters. The number of allylic oxidation sites excluding steroid dienone is 1. The van der Waals surface area contributed by atoms with E-state index in [4.69, 9.17) is 5.73 Å². The van der Waals surface area contributed by atoms with E-state index < -0.39 is 0 Å². The predicted molar refractivity (Wildman–Crippen MR) is 75.8 cm³/mol. The zero-order valence-corrected chi connectivity index (χ0v) is 11.1. The second-order valence-corrected chi connectivity index (χ2v) is 4.87. The molecule has 0 atom stereocenters. The van der Waals surface area contributed by atoms with E-state index in [0.29, 0.717) is 5.92 Å². The summed E-state index contributed by atoms with van der Waals surface area (Å²) >= 11 is 0. The number of aryl methyl sites for hydroxylation is 1. The average molecular weight is 240 g/mol. The Morgan fingerprint density at radius 1 is 1.50 bits per heavy atom. The molecular weight excluding hydrogens is 220 g/mol. The van der Waals surface area contributed by atoms with Crippen molar-refractivity contribution in [3.05, 3.63) is 46.8 Å². The van der Waals surface area contributed by atoms with Crippen LogP contribution in [0.25, 0.3) is 0 Å². The summed E-state index contributed by atoms with van der Waals surface area (Å²) in [5.41, 5.74) is 10.4. The second kappa shape index (κ2) is 5.64. The van der Waals surface area contributed by atoms with E-state index in [2.05, 4.69) is 42.3 Å². The van der Waals surface area contributed by atoms with Crippen molar-refractivity contribution in [2.24, 2.45) is 11.7 Å². The number of hydrogen-bond acceptors (Lipinski definition) is 2. The van der Waals surface area contributed by atoms with E-state index in [1.54, 1.807) is 0 Å². The number of nitrogens with two attached hydrogens (primary N) is 1. The minimum atomic E-state index is 0.643. The first-order valence-electron chi connectivity index (χ1n) is 6.42. The summed E-state index contributed by atoms with van der Waals surface area (Å²) in [6.45, 7) is 2.11. The Balaban J connectivity index is 2.16. The lowest BCUT2D eigenvalue weighted by Crippen LogP contribution is -2.07. The van der Waals surface area contributed by atoms with Crippen LogP contribution in [0, 0.1) is 24.7 Å². The van der Waals surface area contributed by atoms with Gasteiger partial charge in [-0.25, -0.2) is 0 Å². The van der Waals surface area contributed by atoms with Gasteiger partial charge in [0.2, 0.25) is 0 Å². The largest absolute Gasteiger partial charge is 0.401 e. The number of benzene rings is 1. The van der Waals surface area contributed by atoms with Crippen molar-refractivity contribution in [3.8, 4) is 11.8 Å². The molecular formula is C16H20N2. The van der Waals surface area contributed by atoms with Crippen LogP contribution in [0.2, 0.25) is 0 Å². The van der Waals surface area contributed by atoms with Gasteiger partial charge in [-0.05, 0) is 43.0 Å². The Bertz CT molecular complexity index is 514. The normalized spacial score (nSPS) is 14.9. The lowest BCUT2D eigenvalue weighted by Gasteiger charge is -2.07. The van der Waals surface area contributed by atoms with Crippen molar-refractivity contribution in [3.63, 3.8) is 0 Å². The third-order valence-corrected chi connectivity index (χ3v) is 3.07. The SMILES string of the molecule is CN/C=C(\N)Cc1cc(C#CC2CC2)ccc1C. The Morgan fingerprint density at radius 2 is 2.28 bits per heavy atom. The molecule has 18 heavy (non-hydrogen) atoms. The van der Waals surface area contributed by atoms with Crippen LogP contribution in [0.15, 0.2) is 30.1 Å². The van der Waals surface area contributed by atoms with Gasteiger partial charge in [0.25, 0.3) is 0 Å². The first-order chi connectivity index (χ1) is 8.69. The summed E-state index contributed by atoms with van der Waals surface area (Å²) in [7, 11) is 1.86. The van der Waals surface area contributed by atoms with E-state index in [1.165, 1.54) is 24.0 Å². The number of hydrogen-bond donors (Lipinski definition) is 2. The molecule has 1 aliphatic rings. The van der Waals surface area contributed by atoms with E-state index in [1.807, 2.05) is 13.2 Å². The first kappa shape index (κ1) is 12.6. The van der Waals surface area contributed by atoms with Gasteiger partial charge in [-0.3, -0.25) is 0 Å². The van der Waals surface area contributed by atoms with Crippen molar-refractivity contribution >= 4 is 0 Å². The summed E-state index contributed by atoms with van der Waals surface area (Å²) in [4.78, 5) is 0. The Labute approximate surface area is 109 Å². The highest BCUT2D eigenvalue weighted by molar-refractivity contribution is 5.42. The lowest BCUT2D eigenvalue weighted by atomic mass is 10.0. The van der Waals surface area contributed by atoms with Crippen molar-refractivity contribution in [2.75, 3.05) is 7.05 Å². The molecule has 2 heteroatoms. The number of rotatable bonds is 3. The molecule has 1 aromatic carbocycles. The molecule has 1 fully saturated rings. The molecule has 0 radical (unpaired) electrons. The maximum atomic E-state index is 5.93. The maximum Gasteiger partial charge on any atom is 0.0284 e. The van der Waals surface area contributed by atoms with Gasteiger partial charge in [0.15, 0.2) is 0 Å². The van der Waals surface area contributed by atoms with Crippen LogP contribution in [0.1, 0.15) is 29.5 Å². The van der Waals surface area contributed by atoms with E-state index >= 15 is 0 Å². The third kappa shape index (κ3) is 3.56. The molecule has 2 nitrogen and oxygen atoms in total. The van der Waals surface area contributed by atoms with Crippen molar-refractivity contribution < 1.29 is 0 Å². The Morgan fingerprint density at radius 3 is 2.94 bits per heavy atom. The van der Waals surface area contributed by atoms with Crippen molar-refractivity contribution in [2.45, 2.75) is 26.2 Å². The zero-order valence-electron chi connectivity index (χ0n) is 11.1. The fourth-order valence-corrected chi connectivity index (χ4v) is 1.81. The second-order valence-electron chi connectivity index (χ2n) is 4.87. The van der Waals surface area contributed by atoms with Crippen molar-refractivity contribution in [1.29, 1.82) is 0 Å². The molecule has 0 spiro atoms. The van der Waals surface area contributed by atoms with Crippen LogP contribution >= 0.6 is 0 Å². The number of nitrogens with one attached hydrogen (secondary N) is 1. The van der Waals surface area contributed by atoms with Gasteiger partial charge in [-0.1, -0.05) is 17.9 Å². The summed E-state index contributed by atoms with van der Waals surface area (Å²) in [5, 5.41) is 2.96. The monoisotopic (exact) mass is 240 g/mol. The zero-order chi connectivity index (χ0) is 13.0. The van der Waals surface area contributed by atoms with Crippen LogP contribution in [0.5, 0.6) is 0 Å². The minimum Gasteiger partial charge on any atom is -0.401 e. The highest BCUT2D eigenvalue weighted by Gasteiger charge is 2.17. The third-order valence-electron chi connectivity index (χ3n) is 3.07. The van der Waals surface area contributed by atoms with Gasteiger partial charge in [0, 0.05) is 36.8 Å². The summed E-state index contributed by atoms with van der Waals surface area (Å²) in [6, 6.07) is 6.37. The standard InChI is InChI=1S/C16H20N2/c1-12-3-4-14(8-7-13-5-6-13)9-15(12)10-16(17)11-18-2/h3-4,9,11,13,18H,5-6,10,17H2,1-2H3/b16-11-. The first-order valence-corrected chi connectivity index (χ1v) is 6.42. The smallest absolute Gasteiger partial charge is 0.0284 e. The maximum absolute atomic E-state index is 5.93. The molecule has 1 aliphatic carbocycles. The van der Waals surface area contributed by atoms with E-state index in [0.717, 1.165) is 17.7 Å². The molecule has 94 valence electrons. The summed E-state index contributed by atoms with van der Waals surface area (Å²) in [5.74, 6) is 7.19. The minimum absolute atomic E-state index is 0.643. The van der Waals surface area contributed by atoms with Crippen LogP contribution in [-0.2, 0) is 6.42 Å².